The van der Waals surface area contributed by atoms with Gasteiger partial charge < -0.3 is 5.21 Å². The summed E-state index contributed by atoms with van der Waals surface area (Å²) in [5, 5.41) is 10.8. The molecule has 1 unspecified atom stereocenters. The van der Waals surface area contributed by atoms with Gasteiger partial charge in [-0.1, -0.05) is 16.8 Å². The number of alkyl halides is 3. The number of rotatable bonds is 6. The number of Topliss-reactive ketones (excluding diaryl/α,β-unsaturated/α-hetero) is 1. The molecule has 0 heterocycles. The van der Waals surface area contributed by atoms with Crippen LogP contribution >= 0.6 is 11.6 Å². The lowest BCUT2D eigenvalue weighted by Crippen LogP contribution is -2.41. The van der Waals surface area contributed by atoms with E-state index in [0.717, 1.165) is 13.1 Å². The first kappa shape index (κ1) is 21.4. The third-order valence-electron chi connectivity index (χ3n) is 3.53. The van der Waals surface area contributed by atoms with Crippen LogP contribution in [0.2, 0.25) is 5.02 Å². The third-order valence-corrected chi connectivity index (χ3v) is 5.94. The van der Waals surface area contributed by atoms with Gasteiger partial charge in [0.15, 0.2) is 5.78 Å². The van der Waals surface area contributed by atoms with Gasteiger partial charge in [0.1, 0.15) is 4.90 Å². The van der Waals surface area contributed by atoms with Crippen molar-refractivity contribution < 1.29 is 31.6 Å². The minimum atomic E-state index is -4.66. The molecular weight excluding hydrogens is 385 g/mol. The Labute approximate surface area is 147 Å². The Morgan fingerprint density at radius 3 is 2.40 bits per heavy atom. The average Bonchev–Trinajstić information content (AvgIpc) is 2.51. The molecule has 140 valence electrons. The number of halogens is 4. The van der Waals surface area contributed by atoms with Gasteiger partial charge >= 0.3 is 6.18 Å². The molecule has 6 nitrogen and oxygen atoms in total. The van der Waals surface area contributed by atoms with Crippen molar-refractivity contribution in [2.45, 2.75) is 37.4 Å². The van der Waals surface area contributed by atoms with E-state index in [0.29, 0.717) is 16.4 Å². The summed E-state index contributed by atoms with van der Waals surface area (Å²) in [4.78, 5) is 11.5. The van der Waals surface area contributed by atoms with Crippen molar-refractivity contribution in [2.24, 2.45) is 5.16 Å². The molecule has 1 rings (SSSR count). The number of nitrogens with zero attached hydrogens (tertiary/aromatic N) is 2. The molecule has 0 aliphatic carbocycles. The van der Waals surface area contributed by atoms with Crippen LogP contribution in [-0.2, 0) is 21.0 Å². The van der Waals surface area contributed by atoms with Gasteiger partial charge in [-0.25, -0.2) is 8.42 Å². The number of sulfonamides is 1. The molecule has 0 radical (unpaired) electrons. The van der Waals surface area contributed by atoms with Crippen LogP contribution < -0.4 is 0 Å². The second kappa shape index (κ2) is 7.71. The maximum Gasteiger partial charge on any atom is 0.416 e. The number of hydrogen-bond donors (Lipinski definition) is 1. The van der Waals surface area contributed by atoms with Crippen LogP contribution in [0.3, 0.4) is 0 Å². The van der Waals surface area contributed by atoms with Crippen molar-refractivity contribution in [1.29, 1.82) is 0 Å². The zero-order chi connectivity index (χ0) is 19.6. The first-order valence-electron chi connectivity index (χ1n) is 6.87. The predicted octanol–water partition coefficient (Wildman–Crippen LogP) is 3.18. The van der Waals surface area contributed by atoms with E-state index < -0.39 is 43.5 Å². The number of benzene rings is 1. The van der Waals surface area contributed by atoms with E-state index >= 15 is 0 Å². The summed E-state index contributed by atoms with van der Waals surface area (Å²) in [5.41, 5.74) is -0.992. The maximum atomic E-state index is 12.6. The molecule has 0 spiro atoms. The standard InChI is InChI=1S/C14H16ClF3N2O4S/c1-8(19-22)6-12(21)9(2)20(3)25(23,24)13-5-4-10(7-11(13)15)14(16,17)18/h4-5,7,9,22H,6H2,1-3H3. The molecule has 25 heavy (non-hydrogen) atoms. The lowest BCUT2D eigenvalue weighted by molar-refractivity contribution is -0.137. The van der Waals surface area contributed by atoms with Crippen molar-refractivity contribution in [3.8, 4) is 0 Å². The van der Waals surface area contributed by atoms with Crippen molar-refractivity contribution >= 4 is 33.1 Å². The van der Waals surface area contributed by atoms with Crippen molar-refractivity contribution in [3.05, 3.63) is 28.8 Å². The molecule has 1 aromatic carbocycles. The quantitative estimate of drug-likeness (QED) is 0.451. The fraction of sp³-hybridized carbons (Fsp3) is 0.429. The monoisotopic (exact) mass is 400 g/mol. The van der Waals surface area contributed by atoms with Crippen molar-refractivity contribution in [3.63, 3.8) is 0 Å². The Morgan fingerprint density at radius 1 is 1.40 bits per heavy atom. The van der Waals surface area contributed by atoms with Gasteiger partial charge in [0, 0.05) is 13.5 Å². The van der Waals surface area contributed by atoms with E-state index in [-0.39, 0.29) is 12.1 Å². The number of oxime groups is 1. The Morgan fingerprint density at radius 2 is 1.96 bits per heavy atom. The molecule has 0 amide bonds. The molecular formula is C14H16ClF3N2O4S. The smallest absolute Gasteiger partial charge is 0.411 e. The lowest BCUT2D eigenvalue weighted by atomic mass is 10.1. The van der Waals surface area contributed by atoms with E-state index in [1.807, 2.05) is 0 Å². The van der Waals surface area contributed by atoms with Gasteiger partial charge in [0.05, 0.1) is 22.3 Å². The fourth-order valence-corrected chi connectivity index (χ4v) is 3.75. The second-order valence-corrected chi connectivity index (χ2v) is 7.69. The summed E-state index contributed by atoms with van der Waals surface area (Å²) in [7, 11) is -3.20. The Hall–Kier alpha value is -1.65. The highest BCUT2D eigenvalue weighted by Gasteiger charge is 2.34. The summed E-state index contributed by atoms with van der Waals surface area (Å²) >= 11 is 5.71. The number of carbonyl (C=O) groups is 1. The van der Waals surface area contributed by atoms with Crippen molar-refractivity contribution in [2.75, 3.05) is 7.05 Å². The van der Waals surface area contributed by atoms with E-state index in [4.69, 9.17) is 16.8 Å². The molecule has 0 aliphatic rings. The van der Waals surface area contributed by atoms with Crippen LogP contribution in [-0.4, -0.2) is 42.5 Å². The van der Waals surface area contributed by atoms with E-state index in [1.54, 1.807) is 0 Å². The van der Waals surface area contributed by atoms with Gasteiger partial charge in [-0.05, 0) is 32.0 Å². The Balaban J connectivity index is 3.18. The molecule has 0 saturated carbocycles. The van der Waals surface area contributed by atoms with Crippen molar-refractivity contribution in [1.82, 2.24) is 4.31 Å². The van der Waals surface area contributed by atoms with Gasteiger partial charge in [-0.2, -0.15) is 17.5 Å². The number of likely N-dealkylation sites (N-methyl/N-ethyl adjacent to an activating group) is 1. The van der Waals surface area contributed by atoms with Crippen LogP contribution in [0.15, 0.2) is 28.3 Å². The van der Waals surface area contributed by atoms with Crippen LogP contribution in [0.1, 0.15) is 25.8 Å². The molecule has 0 aromatic heterocycles. The summed E-state index contributed by atoms with van der Waals surface area (Å²) in [6.07, 6.45) is -4.94. The molecule has 0 aliphatic heterocycles. The summed E-state index contributed by atoms with van der Waals surface area (Å²) < 4.78 is 63.7. The molecule has 0 saturated heterocycles. The van der Waals surface area contributed by atoms with Gasteiger partial charge in [0.25, 0.3) is 0 Å². The van der Waals surface area contributed by atoms with E-state index in [1.165, 1.54) is 13.8 Å². The predicted molar refractivity (Wildman–Crippen MR) is 85.4 cm³/mol. The first-order chi connectivity index (χ1) is 11.3. The minimum absolute atomic E-state index is 0.0928. The number of hydrogen-bond acceptors (Lipinski definition) is 5. The largest absolute Gasteiger partial charge is 0.416 e. The normalized spacial score (nSPS) is 14.6. The topological polar surface area (TPSA) is 87.0 Å². The van der Waals surface area contributed by atoms with Crippen LogP contribution in [0.25, 0.3) is 0 Å². The highest BCUT2D eigenvalue weighted by molar-refractivity contribution is 7.89. The number of carbonyl (C=O) groups excluding carboxylic acids is 1. The average molecular weight is 401 g/mol. The SMILES string of the molecule is CC(CC(=O)C(C)N(C)S(=O)(=O)c1ccc(C(F)(F)F)cc1Cl)=NO. The van der Waals surface area contributed by atoms with E-state index in [2.05, 4.69) is 5.16 Å². The van der Waals surface area contributed by atoms with Crippen LogP contribution in [0, 0.1) is 0 Å². The molecule has 0 bridgehead atoms. The van der Waals surface area contributed by atoms with Crippen LogP contribution in [0.5, 0.6) is 0 Å². The Bertz CT molecular complexity index is 794. The summed E-state index contributed by atoms with van der Waals surface area (Å²) in [6.45, 7) is 2.69. The summed E-state index contributed by atoms with van der Waals surface area (Å²) in [5.74, 6) is -0.551. The molecule has 1 N–H and O–H groups in total. The fourth-order valence-electron chi connectivity index (χ4n) is 1.89. The highest BCUT2D eigenvalue weighted by atomic mass is 35.5. The third kappa shape index (κ3) is 4.93. The zero-order valence-corrected chi connectivity index (χ0v) is 15.1. The minimum Gasteiger partial charge on any atom is -0.411 e. The highest BCUT2D eigenvalue weighted by Crippen LogP contribution is 2.34. The van der Waals surface area contributed by atoms with Gasteiger partial charge in [-0.3, -0.25) is 4.79 Å². The lowest BCUT2D eigenvalue weighted by Gasteiger charge is -2.24. The second-order valence-electron chi connectivity index (χ2n) is 5.32. The van der Waals surface area contributed by atoms with Gasteiger partial charge in [0.2, 0.25) is 10.0 Å². The number of ketones is 1. The first-order valence-corrected chi connectivity index (χ1v) is 8.69. The van der Waals surface area contributed by atoms with E-state index in [9.17, 15) is 26.4 Å². The maximum absolute atomic E-state index is 12.6. The van der Waals surface area contributed by atoms with Gasteiger partial charge in [-0.15, -0.1) is 0 Å². The summed E-state index contributed by atoms with van der Waals surface area (Å²) in [6, 6.07) is 0.716. The molecule has 1 atom stereocenters. The molecule has 11 heteroatoms. The Kier molecular flexibility index (Phi) is 6.60. The molecule has 1 aromatic rings. The van der Waals surface area contributed by atoms with Crippen LogP contribution in [0.4, 0.5) is 13.2 Å². The zero-order valence-electron chi connectivity index (χ0n) is 13.5. The molecule has 0 fully saturated rings.